The van der Waals surface area contributed by atoms with E-state index in [-0.39, 0.29) is 22.4 Å². The van der Waals surface area contributed by atoms with Crippen LogP contribution in [0.15, 0.2) is 65.6 Å². The Morgan fingerprint density at radius 1 is 1.00 bits per heavy atom. The summed E-state index contributed by atoms with van der Waals surface area (Å²) in [4.78, 5) is 13.1. The third kappa shape index (κ3) is 4.72. The van der Waals surface area contributed by atoms with E-state index in [1.54, 1.807) is 10.7 Å². The molecule has 0 spiro atoms. The minimum atomic E-state index is -4.01. The number of fused-ring (bicyclic) bond motifs is 1. The van der Waals surface area contributed by atoms with Gasteiger partial charge in [-0.25, -0.2) is 8.42 Å². The average molecular weight is 493 g/mol. The number of hydrogen-bond donors (Lipinski definition) is 2. The molecule has 2 N–H and O–H groups in total. The van der Waals surface area contributed by atoms with E-state index in [2.05, 4.69) is 15.1 Å². The molecule has 9 heteroatoms. The maximum Gasteiger partial charge on any atom is 0.276 e. The molecule has 0 aliphatic heterocycles. The van der Waals surface area contributed by atoms with Crippen LogP contribution in [0.1, 0.15) is 41.5 Å². The van der Waals surface area contributed by atoms with Crippen molar-refractivity contribution in [3.8, 4) is 5.75 Å². The summed E-state index contributed by atoms with van der Waals surface area (Å²) in [5, 5.41) is 8.02. The van der Waals surface area contributed by atoms with Crippen molar-refractivity contribution in [2.75, 3.05) is 17.1 Å². The van der Waals surface area contributed by atoms with Crippen LogP contribution in [0.3, 0.4) is 0 Å². The summed E-state index contributed by atoms with van der Waals surface area (Å²) in [6.07, 6.45) is 0. The zero-order valence-corrected chi connectivity index (χ0v) is 21.1. The lowest BCUT2D eigenvalue weighted by Gasteiger charge is -2.16. The van der Waals surface area contributed by atoms with Crippen LogP contribution in [-0.2, 0) is 10.0 Å². The predicted molar refractivity (Wildman–Crippen MR) is 138 cm³/mol. The number of benzene rings is 3. The number of carbonyl (C=O) groups is 1. The van der Waals surface area contributed by atoms with E-state index in [1.807, 2.05) is 70.2 Å². The number of nitrogens with one attached hydrogen (secondary N) is 2. The van der Waals surface area contributed by atoms with Crippen LogP contribution in [0.5, 0.6) is 5.75 Å². The number of nitrogens with zero attached hydrogens (tertiary/aromatic N) is 2. The number of aryl methyl sites for hydroxylation is 2. The van der Waals surface area contributed by atoms with E-state index in [4.69, 9.17) is 4.74 Å². The number of ether oxygens (including phenoxy) is 1. The summed E-state index contributed by atoms with van der Waals surface area (Å²) in [5.41, 5.74) is 3.52. The third-order valence-electron chi connectivity index (χ3n) is 5.75. The van der Waals surface area contributed by atoms with Gasteiger partial charge in [0.1, 0.15) is 10.6 Å². The Hall–Kier alpha value is -3.85. The van der Waals surface area contributed by atoms with Crippen LogP contribution in [-0.4, -0.2) is 31.2 Å². The number of hydrogen-bond acceptors (Lipinski definition) is 5. The number of rotatable bonds is 7. The van der Waals surface area contributed by atoms with Gasteiger partial charge in [-0.15, -0.1) is 0 Å². The topological polar surface area (TPSA) is 102 Å². The van der Waals surface area contributed by atoms with E-state index in [0.717, 1.165) is 22.0 Å². The molecule has 0 saturated heterocycles. The van der Waals surface area contributed by atoms with Gasteiger partial charge in [-0.3, -0.25) is 14.2 Å². The zero-order valence-electron chi connectivity index (χ0n) is 20.3. The van der Waals surface area contributed by atoms with Gasteiger partial charge in [-0.2, -0.15) is 5.10 Å². The van der Waals surface area contributed by atoms with Crippen molar-refractivity contribution in [3.05, 3.63) is 77.5 Å². The largest absolute Gasteiger partial charge is 0.495 e. The van der Waals surface area contributed by atoms with Crippen molar-refractivity contribution < 1.29 is 17.9 Å². The van der Waals surface area contributed by atoms with Gasteiger partial charge in [-0.1, -0.05) is 36.4 Å². The lowest BCUT2D eigenvalue weighted by atomic mass is 10.1. The first-order valence-electron chi connectivity index (χ1n) is 11.2. The number of para-hydroxylation sites is 2. The molecule has 1 heterocycles. The molecule has 0 saturated carbocycles. The van der Waals surface area contributed by atoms with Crippen LogP contribution >= 0.6 is 0 Å². The smallest absolute Gasteiger partial charge is 0.276 e. The highest BCUT2D eigenvalue weighted by Crippen LogP contribution is 2.31. The third-order valence-corrected chi connectivity index (χ3v) is 7.12. The molecule has 0 unspecified atom stereocenters. The van der Waals surface area contributed by atoms with Gasteiger partial charge in [0.2, 0.25) is 0 Å². The summed E-state index contributed by atoms with van der Waals surface area (Å²) >= 11 is 0. The standard InChI is InChI=1S/C26H28N4O4S/c1-16(2)30-21-12-7-6-11-20(21)25(28-30)26(31)27-19-13-14-22(34-5)23(15-19)35(32,33)29-24-17(3)9-8-10-18(24)4/h6-16,29H,1-5H3,(H,27,31). The second-order valence-corrected chi connectivity index (χ2v) is 10.2. The number of methoxy groups -OCH3 is 1. The Kier molecular flexibility index (Phi) is 6.53. The molecule has 182 valence electrons. The number of amides is 1. The quantitative estimate of drug-likeness (QED) is 0.365. The normalized spacial score (nSPS) is 11.6. The SMILES string of the molecule is COc1ccc(NC(=O)c2nn(C(C)C)c3ccccc23)cc1S(=O)(=O)Nc1c(C)cccc1C. The van der Waals surface area contributed by atoms with Crippen molar-refractivity contribution in [2.24, 2.45) is 0 Å². The van der Waals surface area contributed by atoms with Gasteiger partial charge < -0.3 is 10.1 Å². The molecule has 8 nitrogen and oxygen atoms in total. The molecule has 3 aromatic carbocycles. The predicted octanol–water partition coefficient (Wildman–Crippen LogP) is 5.30. The fourth-order valence-electron chi connectivity index (χ4n) is 3.97. The molecule has 0 radical (unpaired) electrons. The van der Waals surface area contributed by atoms with Gasteiger partial charge in [0.25, 0.3) is 15.9 Å². The Balaban J connectivity index is 1.70. The van der Waals surface area contributed by atoms with Crippen molar-refractivity contribution >= 4 is 38.2 Å². The highest BCUT2D eigenvalue weighted by Gasteiger charge is 2.24. The molecular formula is C26H28N4O4S. The number of carbonyl (C=O) groups excluding carboxylic acids is 1. The van der Waals surface area contributed by atoms with Gasteiger partial charge in [0.15, 0.2) is 5.69 Å². The summed E-state index contributed by atoms with van der Waals surface area (Å²) < 4.78 is 36.4. The summed E-state index contributed by atoms with van der Waals surface area (Å²) in [5.74, 6) is -0.270. The molecular weight excluding hydrogens is 464 g/mol. The van der Waals surface area contributed by atoms with Crippen molar-refractivity contribution in [3.63, 3.8) is 0 Å². The second kappa shape index (κ2) is 9.42. The van der Waals surface area contributed by atoms with E-state index in [1.165, 1.54) is 19.2 Å². The van der Waals surface area contributed by atoms with E-state index >= 15 is 0 Å². The minimum absolute atomic E-state index is 0.0650. The van der Waals surface area contributed by atoms with Crippen LogP contribution in [0.4, 0.5) is 11.4 Å². The molecule has 0 fully saturated rings. The summed E-state index contributed by atoms with van der Waals surface area (Å²) in [6.45, 7) is 7.65. The van der Waals surface area contributed by atoms with Crippen LogP contribution in [0.25, 0.3) is 10.9 Å². The van der Waals surface area contributed by atoms with Crippen LogP contribution < -0.4 is 14.8 Å². The molecule has 0 aliphatic rings. The number of sulfonamides is 1. The first-order valence-corrected chi connectivity index (χ1v) is 12.7. The first kappa shape index (κ1) is 24.3. The fraction of sp³-hybridized carbons (Fsp3) is 0.231. The molecule has 4 aromatic rings. The molecule has 1 amide bonds. The highest BCUT2D eigenvalue weighted by molar-refractivity contribution is 7.92. The lowest BCUT2D eigenvalue weighted by molar-refractivity contribution is 0.102. The van der Waals surface area contributed by atoms with E-state index in [9.17, 15) is 13.2 Å². The Labute approximate surface area is 205 Å². The Morgan fingerprint density at radius 2 is 1.69 bits per heavy atom. The van der Waals surface area contributed by atoms with Crippen molar-refractivity contribution in [1.29, 1.82) is 0 Å². The van der Waals surface area contributed by atoms with Crippen LogP contribution in [0, 0.1) is 13.8 Å². The molecule has 0 bridgehead atoms. The maximum absolute atomic E-state index is 13.3. The second-order valence-electron chi connectivity index (χ2n) is 8.60. The first-order chi connectivity index (χ1) is 16.6. The Morgan fingerprint density at radius 3 is 2.34 bits per heavy atom. The van der Waals surface area contributed by atoms with Gasteiger partial charge in [0.05, 0.1) is 18.3 Å². The lowest BCUT2D eigenvalue weighted by Crippen LogP contribution is -2.17. The average Bonchev–Trinajstić information content (AvgIpc) is 3.22. The molecule has 1 aromatic heterocycles. The van der Waals surface area contributed by atoms with Gasteiger partial charge in [-0.05, 0) is 63.1 Å². The summed E-state index contributed by atoms with van der Waals surface area (Å²) in [7, 11) is -2.61. The maximum atomic E-state index is 13.3. The van der Waals surface area contributed by atoms with Gasteiger partial charge in [0, 0.05) is 17.1 Å². The summed E-state index contributed by atoms with van der Waals surface area (Å²) in [6, 6.07) is 17.6. The van der Waals surface area contributed by atoms with E-state index in [0.29, 0.717) is 11.4 Å². The molecule has 4 rings (SSSR count). The van der Waals surface area contributed by atoms with Crippen LogP contribution in [0.2, 0.25) is 0 Å². The van der Waals surface area contributed by atoms with Crippen molar-refractivity contribution in [1.82, 2.24) is 9.78 Å². The van der Waals surface area contributed by atoms with Gasteiger partial charge >= 0.3 is 0 Å². The molecule has 35 heavy (non-hydrogen) atoms. The number of aromatic nitrogens is 2. The fourth-order valence-corrected chi connectivity index (χ4v) is 5.37. The number of anilines is 2. The highest BCUT2D eigenvalue weighted by atomic mass is 32.2. The monoisotopic (exact) mass is 492 g/mol. The van der Waals surface area contributed by atoms with E-state index < -0.39 is 15.9 Å². The van der Waals surface area contributed by atoms with Crippen molar-refractivity contribution in [2.45, 2.75) is 38.6 Å². The molecule has 0 atom stereocenters. The minimum Gasteiger partial charge on any atom is -0.495 e. The molecule has 0 aliphatic carbocycles. The zero-order chi connectivity index (χ0) is 25.3. The Bertz CT molecular complexity index is 1500.